The van der Waals surface area contributed by atoms with Crippen molar-refractivity contribution in [2.45, 2.75) is 19.6 Å². The van der Waals surface area contributed by atoms with Gasteiger partial charge >= 0.3 is 0 Å². The summed E-state index contributed by atoms with van der Waals surface area (Å²) >= 11 is 5.92. The zero-order valence-electron chi connectivity index (χ0n) is 19.4. The van der Waals surface area contributed by atoms with Crippen molar-refractivity contribution in [1.29, 1.82) is 0 Å². The van der Waals surface area contributed by atoms with E-state index in [1.54, 1.807) is 26.2 Å². The second-order valence-electron chi connectivity index (χ2n) is 7.83. The van der Waals surface area contributed by atoms with Gasteiger partial charge in [-0.15, -0.1) is 0 Å². The van der Waals surface area contributed by atoms with Crippen LogP contribution in [0.1, 0.15) is 18.1 Å². The average Bonchev–Trinajstić information content (AvgIpc) is 2.88. The summed E-state index contributed by atoms with van der Waals surface area (Å²) in [6.07, 6.45) is 0.818. The molecule has 0 saturated carbocycles. The zero-order valence-corrected chi connectivity index (χ0v) is 20.2. The van der Waals surface area contributed by atoms with Gasteiger partial charge in [0.1, 0.15) is 12.4 Å². The molecule has 4 rings (SSSR count). The van der Waals surface area contributed by atoms with E-state index in [2.05, 4.69) is 10.5 Å². The van der Waals surface area contributed by atoms with E-state index in [-0.39, 0.29) is 5.91 Å². The monoisotopic (exact) mass is 488 g/mol. The zero-order chi connectivity index (χ0) is 24.6. The SMILES string of the molecule is COc1cc(/C=N\NC(=O)[C@H](C)Oc2ccc3ccccc3c2)ccc1OCc1ccc(Cl)cc1. The Morgan fingerprint density at radius 2 is 1.74 bits per heavy atom. The van der Waals surface area contributed by atoms with E-state index in [4.69, 9.17) is 25.8 Å². The van der Waals surface area contributed by atoms with Crippen molar-refractivity contribution in [3.63, 3.8) is 0 Å². The molecule has 7 heteroatoms. The van der Waals surface area contributed by atoms with E-state index >= 15 is 0 Å². The van der Waals surface area contributed by atoms with Crippen molar-refractivity contribution in [2.75, 3.05) is 7.11 Å². The van der Waals surface area contributed by atoms with E-state index in [9.17, 15) is 4.79 Å². The molecule has 6 nitrogen and oxygen atoms in total. The molecule has 0 aliphatic heterocycles. The van der Waals surface area contributed by atoms with Crippen LogP contribution in [0.3, 0.4) is 0 Å². The first-order valence-electron chi connectivity index (χ1n) is 11.1. The summed E-state index contributed by atoms with van der Waals surface area (Å²) < 4.78 is 17.1. The average molecular weight is 489 g/mol. The molecule has 0 heterocycles. The Labute approximate surface area is 209 Å². The van der Waals surface area contributed by atoms with E-state index in [0.29, 0.717) is 28.9 Å². The van der Waals surface area contributed by atoms with Crippen molar-refractivity contribution in [2.24, 2.45) is 5.10 Å². The molecule has 1 amide bonds. The highest BCUT2D eigenvalue weighted by Crippen LogP contribution is 2.28. The smallest absolute Gasteiger partial charge is 0.280 e. The summed E-state index contributed by atoms with van der Waals surface area (Å²) in [5.41, 5.74) is 4.24. The second kappa shape index (κ2) is 11.4. The number of nitrogens with zero attached hydrogens (tertiary/aromatic N) is 1. The third-order valence-electron chi connectivity index (χ3n) is 5.29. The Morgan fingerprint density at radius 3 is 2.51 bits per heavy atom. The Bertz CT molecular complexity index is 1340. The summed E-state index contributed by atoms with van der Waals surface area (Å²) in [5.74, 6) is 1.42. The van der Waals surface area contributed by atoms with Crippen molar-refractivity contribution in [1.82, 2.24) is 5.43 Å². The number of amides is 1. The minimum absolute atomic E-state index is 0.357. The summed E-state index contributed by atoms with van der Waals surface area (Å²) in [4.78, 5) is 12.4. The summed E-state index contributed by atoms with van der Waals surface area (Å²) in [6, 6.07) is 26.5. The van der Waals surface area contributed by atoms with E-state index in [1.165, 1.54) is 6.21 Å². The van der Waals surface area contributed by atoms with Crippen LogP contribution in [0.25, 0.3) is 10.8 Å². The molecule has 0 saturated heterocycles. The topological polar surface area (TPSA) is 69.2 Å². The van der Waals surface area contributed by atoms with Gasteiger partial charge in [0.2, 0.25) is 0 Å². The molecule has 0 aliphatic rings. The number of hydrazone groups is 1. The van der Waals surface area contributed by atoms with Gasteiger partial charge in [-0.1, -0.05) is 54.1 Å². The molecule has 0 aromatic heterocycles. The normalized spacial score (nSPS) is 11.9. The van der Waals surface area contributed by atoms with Crippen LogP contribution in [-0.4, -0.2) is 25.3 Å². The van der Waals surface area contributed by atoms with Crippen molar-refractivity contribution >= 4 is 34.5 Å². The maximum absolute atomic E-state index is 12.4. The Morgan fingerprint density at radius 1 is 0.971 bits per heavy atom. The molecule has 4 aromatic carbocycles. The number of methoxy groups -OCH3 is 1. The first kappa shape index (κ1) is 24.1. The number of fused-ring (bicyclic) bond motifs is 1. The lowest BCUT2D eigenvalue weighted by Gasteiger charge is -2.13. The van der Waals surface area contributed by atoms with Crippen LogP contribution in [0.4, 0.5) is 0 Å². The van der Waals surface area contributed by atoms with Crippen LogP contribution in [0.2, 0.25) is 5.02 Å². The molecule has 0 unspecified atom stereocenters. The Balaban J connectivity index is 1.32. The van der Waals surface area contributed by atoms with Gasteiger partial charge in [-0.3, -0.25) is 4.79 Å². The highest BCUT2D eigenvalue weighted by atomic mass is 35.5. The molecule has 1 atom stereocenters. The minimum Gasteiger partial charge on any atom is -0.493 e. The second-order valence-corrected chi connectivity index (χ2v) is 8.27. The van der Waals surface area contributed by atoms with Gasteiger partial charge in [0.05, 0.1) is 13.3 Å². The molecular formula is C28H25ClN2O4. The predicted octanol–water partition coefficient (Wildman–Crippen LogP) is 6.00. The molecule has 0 fully saturated rings. The largest absolute Gasteiger partial charge is 0.493 e. The molecule has 178 valence electrons. The fourth-order valence-corrected chi connectivity index (χ4v) is 3.51. The van der Waals surface area contributed by atoms with E-state index in [1.807, 2.05) is 72.8 Å². The van der Waals surface area contributed by atoms with Gasteiger partial charge in [0.15, 0.2) is 17.6 Å². The van der Waals surface area contributed by atoms with Crippen molar-refractivity contribution < 1.29 is 19.0 Å². The number of hydrogen-bond acceptors (Lipinski definition) is 5. The summed E-state index contributed by atoms with van der Waals surface area (Å²) in [6.45, 7) is 2.06. The number of halogens is 1. The highest BCUT2D eigenvalue weighted by molar-refractivity contribution is 6.30. The summed E-state index contributed by atoms with van der Waals surface area (Å²) in [5, 5.41) is 6.88. The molecule has 0 radical (unpaired) electrons. The quantitative estimate of drug-likeness (QED) is 0.232. The highest BCUT2D eigenvalue weighted by Gasteiger charge is 2.14. The molecule has 1 N–H and O–H groups in total. The van der Waals surface area contributed by atoms with Gasteiger partial charge in [0.25, 0.3) is 5.91 Å². The molecule has 0 bridgehead atoms. The van der Waals surface area contributed by atoms with Crippen LogP contribution in [0.15, 0.2) is 90.0 Å². The van der Waals surface area contributed by atoms with Crippen LogP contribution < -0.4 is 19.6 Å². The van der Waals surface area contributed by atoms with Gasteiger partial charge < -0.3 is 14.2 Å². The van der Waals surface area contributed by atoms with Crippen LogP contribution in [-0.2, 0) is 11.4 Å². The number of carbonyl (C=O) groups is 1. The molecule has 35 heavy (non-hydrogen) atoms. The maximum atomic E-state index is 12.4. The lowest BCUT2D eigenvalue weighted by atomic mass is 10.1. The van der Waals surface area contributed by atoms with Crippen LogP contribution in [0, 0.1) is 0 Å². The standard InChI is InChI=1S/C28H25ClN2O4/c1-19(35-25-13-10-22-5-3-4-6-23(22)16-25)28(32)31-30-17-21-9-14-26(27(15-21)33-2)34-18-20-7-11-24(29)12-8-20/h3-17,19H,18H2,1-2H3,(H,31,32)/b30-17-/t19-/m0/s1. The Kier molecular flexibility index (Phi) is 7.85. The first-order valence-corrected chi connectivity index (χ1v) is 11.4. The lowest BCUT2D eigenvalue weighted by Crippen LogP contribution is -2.33. The fraction of sp³-hybridized carbons (Fsp3) is 0.143. The predicted molar refractivity (Wildman–Crippen MR) is 139 cm³/mol. The first-order chi connectivity index (χ1) is 17.0. The third kappa shape index (κ3) is 6.52. The van der Waals surface area contributed by atoms with Crippen molar-refractivity contribution in [3.8, 4) is 17.2 Å². The molecular weight excluding hydrogens is 464 g/mol. The van der Waals surface area contributed by atoms with Gasteiger partial charge in [-0.25, -0.2) is 5.43 Å². The van der Waals surface area contributed by atoms with Crippen LogP contribution >= 0.6 is 11.6 Å². The van der Waals surface area contributed by atoms with Gasteiger partial charge in [-0.2, -0.15) is 5.10 Å². The van der Waals surface area contributed by atoms with E-state index in [0.717, 1.165) is 21.9 Å². The van der Waals surface area contributed by atoms with Gasteiger partial charge in [-0.05, 0) is 71.3 Å². The molecule has 4 aromatic rings. The molecule has 0 aliphatic carbocycles. The lowest BCUT2D eigenvalue weighted by molar-refractivity contribution is -0.127. The number of benzene rings is 4. The number of carbonyl (C=O) groups excluding carboxylic acids is 1. The minimum atomic E-state index is -0.716. The fourth-order valence-electron chi connectivity index (χ4n) is 3.39. The maximum Gasteiger partial charge on any atom is 0.280 e. The number of nitrogens with one attached hydrogen (secondary N) is 1. The van der Waals surface area contributed by atoms with Crippen molar-refractivity contribution in [3.05, 3.63) is 101 Å². The number of rotatable bonds is 9. The van der Waals surface area contributed by atoms with E-state index < -0.39 is 6.10 Å². The number of ether oxygens (including phenoxy) is 3. The third-order valence-corrected chi connectivity index (χ3v) is 5.54. The van der Waals surface area contributed by atoms with Crippen LogP contribution in [0.5, 0.6) is 17.2 Å². The summed E-state index contributed by atoms with van der Waals surface area (Å²) in [7, 11) is 1.57. The number of hydrogen-bond donors (Lipinski definition) is 1. The Hall–Kier alpha value is -4.03. The molecule has 0 spiro atoms. The van der Waals surface area contributed by atoms with Gasteiger partial charge in [0, 0.05) is 5.02 Å².